The normalized spacial score (nSPS) is 10.4. The van der Waals surface area contributed by atoms with Gasteiger partial charge >= 0.3 is 0 Å². The summed E-state index contributed by atoms with van der Waals surface area (Å²) < 4.78 is 7.42. The second-order valence-electron chi connectivity index (χ2n) is 5.61. The second kappa shape index (κ2) is 8.10. The number of hydrogen-bond donors (Lipinski definition) is 1. The molecule has 0 atom stereocenters. The number of aromatic nitrogens is 3. The molecule has 1 aromatic carbocycles. The summed E-state index contributed by atoms with van der Waals surface area (Å²) in [5.41, 5.74) is 1.96. The Kier molecular flexibility index (Phi) is 5.41. The Labute approximate surface area is 146 Å². The Balaban J connectivity index is 1.46. The average molecular weight is 336 g/mol. The van der Waals surface area contributed by atoms with Gasteiger partial charge in [0.05, 0.1) is 0 Å². The number of ether oxygens (including phenoxy) is 1. The first-order valence-corrected chi connectivity index (χ1v) is 8.11. The van der Waals surface area contributed by atoms with Crippen LogP contribution in [0.15, 0.2) is 61.1 Å². The minimum atomic E-state index is -0.153. The molecule has 3 aromatic rings. The average Bonchev–Trinajstić information content (AvgIpc) is 3.10. The van der Waals surface area contributed by atoms with Crippen molar-refractivity contribution in [1.82, 2.24) is 19.9 Å². The predicted molar refractivity (Wildman–Crippen MR) is 95.1 cm³/mol. The van der Waals surface area contributed by atoms with E-state index < -0.39 is 0 Å². The van der Waals surface area contributed by atoms with E-state index in [1.165, 1.54) is 0 Å². The monoisotopic (exact) mass is 336 g/mol. The number of hydrogen-bond acceptors (Lipinski definition) is 4. The smallest absolute Gasteiger partial charge is 0.258 e. The van der Waals surface area contributed by atoms with Crippen molar-refractivity contribution in [2.75, 3.05) is 13.2 Å². The summed E-state index contributed by atoms with van der Waals surface area (Å²) in [6.45, 7) is 3.11. The van der Waals surface area contributed by atoms with Crippen molar-refractivity contribution in [3.05, 3.63) is 66.6 Å². The standard InChI is InChI=1S/C19H20N4O2/c1-15-5-7-16(8-6-15)25-14-18(24)21-10-12-23-13-11-22-19(23)17-4-2-3-9-20-17/h2-9,11,13H,10,12,14H2,1H3,(H,21,24). The number of carbonyl (C=O) groups is 1. The fraction of sp³-hybridized carbons (Fsp3) is 0.211. The van der Waals surface area contributed by atoms with E-state index in [4.69, 9.17) is 4.74 Å². The molecule has 0 saturated carbocycles. The Bertz CT molecular complexity index is 813. The molecule has 0 fully saturated rings. The molecule has 1 amide bonds. The maximum Gasteiger partial charge on any atom is 0.258 e. The molecule has 6 heteroatoms. The lowest BCUT2D eigenvalue weighted by atomic mass is 10.2. The van der Waals surface area contributed by atoms with Crippen LogP contribution in [0.5, 0.6) is 5.75 Å². The topological polar surface area (TPSA) is 69.0 Å². The van der Waals surface area contributed by atoms with E-state index in [-0.39, 0.29) is 12.5 Å². The molecule has 0 radical (unpaired) electrons. The molecule has 0 aliphatic carbocycles. The van der Waals surface area contributed by atoms with E-state index in [9.17, 15) is 4.79 Å². The van der Waals surface area contributed by atoms with Gasteiger partial charge in [0, 0.05) is 31.7 Å². The van der Waals surface area contributed by atoms with Crippen molar-refractivity contribution in [3.8, 4) is 17.3 Å². The quantitative estimate of drug-likeness (QED) is 0.719. The molecular weight excluding hydrogens is 316 g/mol. The van der Waals surface area contributed by atoms with Crippen molar-refractivity contribution < 1.29 is 9.53 Å². The zero-order chi connectivity index (χ0) is 17.5. The highest BCUT2D eigenvalue weighted by Crippen LogP contribution is 2.13. The lowest BCUT2D eigenvalue weighted by Gasteiger charge is -2.10. The minimum absolute atomic E-state index is 0.0000868. The number of nitrogens with zero attached hydrogens (tertiary/aromatic N) is 3. The Morgan fingerprint density at radius 1 is 1.12 bits per heavy atom. The molecule has 1 N–H and O–H groups in total. The first-order chi connectivity index (χ1) is 12.2. The zero-order valence-corrected chi connectivity index (χ0v) is 14.1. The van der Waals surface area contributed by atoms with Crippen molar-refractivity contribution in [2.24, 2.45) is 0 Å². The van der Waals surface area contributed by atoms with Crippen molar-refractivity contribution in [2.45, 2.75) is 13.5 Å². The second-order valence-corrected chi connectivity index (χ2v) is 5.61. The number of amides is 1. The van der Waals surface area contributed by atoms with E-state index in [2.05, 4.69) is 15.3 Å². The molecule has 0 aliphatic rings. The molecule has 0 aliphatic heterocycles. The molecule has 3 rings (SSSR count). The molecule has 2 heterocycles. The highest BCUT2D eigenvalue weighted by Gasteiger charge is 2.07. The zero-order valence-electron chi connectivity index (χ0n) is 14.1. The number of carbonyl (C=O) groups excluding carboxylic acids is 1. The number of pyridine rings is 1. The van der Waals surface area contributed by atoms with E-state index in [1.807, 2.05) is 60.2 Å². The van der Waals surface area contributed by atoms with Gasteiger partial charge < -0.3 is 14.6 Å². The summed E-state index contributed by atoms with van der Waals surface area (Å²) in [7, 11) is 0. The van der Waals surface area contributed by atoms with Crippen LogP contribution in [0.4, 0.5) is 0 Å². The van der Waals surface area contributed by atoms with Crippen LogP contribution in [0.2, 0.25) is 0 Å². The molecule has 0 unspecified atom stereocenters. The number of nitrogens with one attached hydrogen (secondary N) is 1. The summed E-state index contributed by atoms with van der Waals surface area (Å²) >= 11 is 0. The van der Waals surface area contributed by atoms with Crippen LogP contribution in [-0.2, 0) is 11.3 Å². The SMILES string of the molecule is Cc1ccc(OCC(=O)NCCn2ccnc2-c2ccccn2)cc1. The highest BCUT2D eigenvalue weighted by molar-refractivity contribution is 5.77. The molecule has 2 aromatic heterocycles. The highest BCUT2D eigenvalue weighted by atomic mass is 16.5. The predicted octanol–water partition coefficient (Wildman–Crippen LogP) is 2.45. The Morgan fingerprint density at radius 3 is 2.72 bits per heavy atom. The molecule has 0 bridgehead atoms. The van der Waals surface area contributed by atoms with Crippen LogP contribution in [-0.4, -0.2) is 33.6 Å². The molecule has 6 nitrogen and oxygen atoms in total. The number of rotatable bonds is 7. The maximum atomic E-state index is 11.9. The summed E-state index contributed by atoms with van der Waals surface area (Å²) in [5.74, 6) is 1.32. The maximum absolute atomic E-state index is 11.9. The van der Waals surface area contributed by atoms with E-state index >= 15 is 0 Å². The van der Waals surface area contributed by atoms with Gasteiger partial charge in [-0.25, -0.2) is 4.98 Å². The molecule has 128 valence electrons. The van der Waals surface area contributed by atoms with Gasteiger partial charge in [-0.2, -0.15) is 0 Å². The van der Waals surface area contributed by atoms with Crippen molar-refractivity contribution in [3.63, 3.8) is 0 Å². The van der Waals surface area contributed by atoms with Crippen LogP contribution < -0.4 is 10.1 Å². The van der Waals surface area contributed by atoms with Gasteiger partial charge in [-0.15, -0.1) is 0 Å². The summed E-state index contributed by atoms with van der Waals surface area (Å²) in [5, 5.41) is 2.85. The minimum Gasteiger partial charge on any atom is -0.484 e. The fourth-order valence-corrected chi connectivity index (χ4v) is 2.37. The molecular formula is C19H20N4O2. The van der Waals surface area contributed by atoms with E-state index in [0.29, 0.717) is 18.8 Å². The lowest BCUT2D eigenvalue weighted by molar-refractivity contribution is -0.123. The third-order valence-electron chi connectivity index (χ3n) is 3.68. The fourth-order valence-electron chi connectivity index (χ4n) is 2.37. The summed E-state index contributed by atoms with van der Waals surface area (Å²) in [6.07, 6.45) is 5.34. The van der Waals surface area contributed by atoms with E-state index in [1.54, 1.807) is 12.4 Å². The van der Waals surface area contributed by atoms with Gasteiger partial charge in [0.15, 0.2) is 12.4 Å². The third kappa shape index (κ3) is 4.67. The molecule has 0 saturated heterocycles. The Morgan fingerprint density at radius 2 is 1.96 bits per heavy atom. The van der Waals surface area contributed by atoms with Crippen LogP contribution >= 0.6 is 0 Å². The van der Waals surface area contributed by atoms with E-state index in [0.717, 1.165) is 17.1 Å². The number of aryl methyl sites for hydroxylation is 1. The van der Waals surface area contributed by atoms with Gasteiger partial charge in [-0.1, -0.05) is 23.8 Å². The first-order valence-electron chi connectivity index (χ1n) is 8.11. The van der Waals surface area contributed by atoms with Gasteiger partial charge in [0.25, 0.3) is 5.91 Å². The third-order valence-corrected chi connectivity index (χ3v) is 3.68. The number of benzene rings is 1. The van der Waals surface area contributed by atoms with Gasteiger partial charge in [0.2, 0.25) is 0 Å². The van der Waals surface area contributed by atoms with Gasteiger partial charge in [-0.3, -0.25) is 9.78 Å². The van der Waals surface area contributed by atoms with Gasteiger partial charge in [0.1, 0.15) is 11.4 Å². The van der Waals surface area contributed by atoms with Crippen molar-refractivity contribution in [1.29, 1.82) is 0 Å². The van der Waals surface area contributed by atoms with Crippen LogP contribution in [0.3, 0.4) is 0 Å². The molecule has 25 heavy (non-hydrogen) atoms. The lowest BCUT2D eigenvalue weighted by Crippen LogP contribution is -2.31. The van der Waals surface area contributed by atoms with Crippen LogP contribution in [0, 0.1) is 6.92 Å². The van der Waals surface area contributed by atoms with Gasteiger partial charge in [-0.05, 0) is 31.2 Å². The molecule has 0 spiro atoms. The summed E-state index contributed by atoms with van der Waals surface area (Å²) in [4.78, 5) is 20.5. The number of imidazole rings is 1. The first kappa shape index (κ1) is 16.7. The largest absolute Gasteiger partial charge is 0.484 e. The Hall–Kier alpha value is -3.15. The van der Waals surface area contributed by atoms with Crippen molar-refractivity contribution >= 4 is 5.91 Å². The van der Waals surface area contributed by atoms with Crippen LogP contribution in [0.1, 0.15) is 5.56 Å². The summed E-state index contributed by atoms with van der Waals surface area (Å²) in [6, 6.07) is 13.3. The van der Waals surface area contributed by atoms with Crippen LogP contribution in [0.25, 0.3) is 11.5 Å².